The van der Waals surface area contributed by atoms with Gasteiger partial charge in [-0.05, 0) is 47.9 Å². The molecular weight excluding hydrogens is 490 g/mol. The maximum absolute atomic E-state index is 13.4. The van der Waals surface area contributed by atoms with Crippen LogP contribution in [0.4, 0.5) is 26.3 Å². The summed E-state index contributed by atoms with van der Waals surface area (Å²) in [5.41, 5.74) is -0.837. The molecule has 140 valence electrons. The zero-order chi connectivity index (χ0) is 19.7. The minimum absolute atomic E-state index is 0.0120. The van der Waals surface area contributed by atoms with Gasteiger partial charge in [0.05, 0.1) is 11.5 Å². The fourth-order valence-electron chi connectivity index (χ4n) is 2.42. The van der Waals surface area contributed by atoms with E-state index in [0.717, 1.165) is 18.2 Å². The van der Waals surface area contributed by atoms with Crippen LogP contribution < -0.4 is 0 Å². The second-order valence-electron chi connectivity index (χ2n) is 5.65. The number of rotatable bonds is 3. The molecule has 0 bridgehead atoms. The Bertz CT molecular complexity index is 801. The molecule has 1 unspecified atom stereocenters. The highest BCUT2D eigenvalue weighted by Crippen LogP contribution is 2.39. The fourth-order valence-corrected chi connectivity index (χ4v) is 3.75. The normalized spacial score (nSPS) is 14.0. The molecule has 26 heavy (non-hydrogen) atoms. The second-order valence-corrected chi connectivity index (χ2v) is 7.48. The zero-order valence-electron chi connectivity index (χ0n) is 13.2. The summed E-state index contributed by atoms with van der Waals surface area (Å²) >= 11 is 6.27. The zero-order valence-corrected chi connectivity index (χ0v) is 16.4. The molecule has 0 aliphatic carbocycles. The van der Waals surface area contributed by atoms with Gasteiger partial charge < -0.3 is 0 Å². The van der Waals surface area contributed by atoms with Crippen LogP contribution in [0.15, 0.2) is 51.4 Å². The molecule has 2 aromatic rings. The molecule has 0 aliphatic rings. The Labute approximate surface area is 163 Å². The molecule has 0 amide bonds. The van der Waals surface area contributed by atoms with Crippen molar-refractivity contribution in [3.8, 4) is 0 Å². The van der Waals surface area contributed by atoms with Crippen molar-refractivity contribution in [2.24, 2.45) is 0 Å². The minimum atomic E-state index is -4.59. The molecule has 0 aliphatic heterocycles. The van der Waals surface area contributed by atoms with Crippen LogP contribution in [-0.2, 0) is 6.18 Å². The van der Waals surface area contributed by atoms with E-state index in [2.05, 4.69) is 31.9 Å². The Balaban J connectivity index is 2.44. The molecule has 8 heteroatoms. The fraction of sp³-hybridized carbons (Fsp3) is 0.222. The van der Waals surface area contributed by atoms with E-state index in [-0.39, 0.29) is 16.7 Å². The van der Waals surface area contributed by atoms with E-state index in [9.17, 15) is 26.3 Å². The predicted molar refractivity (Wildman–Crippen MR) is 95.9 cm³/mol. The maximum Gasteiger partial charge on any atom is 0.416 e. The van der Waals surface area contributed by atoms with Crippen LogP contribution in [-0.4, -0.2) is 6.18 Å². The lowest BCUT2D eigenvalue weighted by atomic mass is 9.96. The average Bonchev–Trinajstić information content (AvgIpc) is 2.45. The molecule has 0 heterocycles. The lowest BCUT2D eigenvalue weighted by molar-refractivity contribution is -0.139. The second kappa shape index (κ2) is 7.76. The van der Waals surface area contributed by atoms with Gasteiger partial charge >= 0.3 is 12.4 Å². The van der Waals surface area contributed by atoms with E-state index in [1.807, 2.05) is 0 Å². The average molecular weight is 502 g/mol. The highest BCUT2D eigenvalue weighted by atomic mass is 79.9. The van der Waals surface area contributed by atoms with Crippen LogP contribution in [0.2, 0.25) is 0 Å². The monoisotopic (exact) mass is 500 g/mol. The van der Waals surface area contributed by atoms with Crippen molar-refractivity contribution in [2.75, 3.05) is 0 Å². The molecule has 0 N–H and O–H groups in total. The number of alkyl halides is 6. The molecule has 0 spiro atoms. The number of aryl methyl sites for hydroxylation is 1. The Morgan fingerprint density at radius 1 is 0.885 bits per heavy atom. The van der Waals surface area contributed by atoms with Crippen molar-refractivity contribution >= 4 is 37.9 Å². The first-order valence-corrected chi connectivity index (χ1v) is 8.85. The smallest absolute Gasteiger partial charge is 0.170 e. The molecule has 2 aromatic carbocycles. The third-order valence-electron chi connectivity index (χ3n) is 3.64. The number of hydrogen-bond acceptors (Lipinski definition) is 0. The number of halogens is 8. The van der Waals surface area contributed by atoms with E-state index in [0.29, 0.717) is 8.95 Å². The van der Waals surface area contributed by atoms with E-state index in [1.165, 1.54) is 31.2 Å². The van der Waals surface area contributed by atoms with E-state index in [4.69, 9.17) is 0 Å². The number of hydrogen-bond donors (Lipinski definition) is 0. The van der Waals surface area contributed by atoms with Crippen molar-refractivity contribution in [3.63, 3.8) is 0 Å². The molecule has 1 atom stereocenters. The summed E-state index contributed by atoms with van der Waals surface area (Å²) in [4.78, 5) is 0. The Hall–Kier alpha value is -1.28. The van der Waals surface area contributed by atoms with Gasteiger partial charge in [-0.3, -0.25) is 0 Å². The molecular formula is C18H12Br2F6. The summed E-state index contributed by atoms with van der Waals surface area (Å²) in [5, 5.41) is 0. The lowest BCUT2D eigenvalue weighted by Gasteiger charge is -2.18. The summed E-state index contributed by atoms with van der Waals surface area (Å²) in [6.07, 6.45) is -7.23. The maximum atomic E-state index is 13.4. The van der Waals surface area contributed by atoms with Crippen LogP contribution in [0.3, 0.4) is 0 Å². The predicted octanol–water partition coefficient (Wildman–Crippen LogP) is 7.90. The van der Waals surface area contributed by atoms with Crippen molar-refractivity contribution in [1.29, 1.82) is 0 Å². The van der Waals surface area contributed by atoms with Gasteiger partial charge in [0.25, 0.3) is 0 Å². The van der Waals surface area contributed by atoms with Crippen molar-refractivity contribution in [1.82, 2.24) is 0 Å². The van der Waals surface area contributed by atoms with Gasteiger partial charge in [-0.1, -0.05) is 56.1 Å². The van der Waals surface area contributed by atoms with Crippen molar-refractivity contribution in [3.05, 3.63) is 73.7 Å². The quantitative estimate of drug-likeness (QED) is 0.375. The first-order chi connectivity index (χ1) is 11.9. The standard InChI is InChI=1S/C18H12Br2F6/c1-10-2-3-11(6-16(10)18(24,25)26)4-5-15(17(21,22)23)12-7-13(19)9-14(20)8-12/h2-9,15H,1H3/b5-4+. The Kier molecular flexibility index (Phi) is 6.28. The van der Waals surface area contributed by atoms with Gasteiger partial charge in [0.2, 0.25) is 0 Å². The van der Waals surface area contributed by atoms with Gasteiger partial charge in [0.1, 0.15) is 0 Å². The third-order valence-corrected chi connectivity index (χ3v) is 4.56. The van der Waals surface area contributed by atoms with Crippen LogP contribution in [0, 0.1) is 6.92 Å². The third kappa shape index (κ3) is 5.36. The summed E-state index contributed by atoms with van der Waals surface area (Å²) in [7, 11) is 0. The Morgan fingerprint density at radius 2 is 1.46 bits per heavy atom. The highest BCUT2D eigenvalue weighted by Gasteiger charge is 2.39. The van der Waals surface area contributed by atoms with Crippen molar-refractivity contribution in [2.45, 2.75) is 25.2 Å². The van der Waals surface area contributed by atoms with Crippen LogP contribution in [0.5, 0.6) is 0 Å². The largest absolute Gasteiger partial charge is 0.416 e. The van der Waals surface area contributed by atoms with Crippen LogP contribution >= 0.6 is 31.9 Å². The SMILES string of the molecule is Cc1ccc(/C=C/C(c2cc(Br)cc(Br)c2)C(F)(F)F)cc1C(F)(F)F. The highest BCUT2D eigenvalue weighted by molar-refractivity contribution is 9.11. The summed E-state index contributed by atoms with van der Waals surface area (Å²) in [5.74, 6) is -1.95. The first-order valence-electron chi connectivity index (χ1n) is 7.26. The topological polar surface area (TPSA) is 0 Å². The number of allylic oxidation sites excluding steroid dienone is 1. The Morgan fingerprint density at radius 3 is 1.96 bits per heavy atom. The summed E-state index contributed by atoms with van der Waals surface area (Å²) < 4.78 is 80.1. The van der Waals surface area contributed by atoms with E-state index < -0.39 is 23.8 Å². The van der Waals surface area contributed by atoms with Gasteiger partial charge in [-0.25, -0.2) is 0 Å². The first kappa shape index (κ1) is 21.0. The van der Waals surface area contributed by atoms with Crippen LogP contribution in [0.1, 0.15) is 28.2 Å². The molecule has 0 fully saturated rings. The summed E-state index contributed by atoms with van der Waals surface area (Å²) in [6, 6.07) is 7.67. The minimum Gasteiger partial charge on any atom is -0.170 e. The van der Waals surface area contributed by atoms with Gasteiger partial charge in [0.15, 0.2) is 0 Å². The molecule has 0 nitrogen and oxygen atoms in total. The molecule has 0 saturated heterocycles. The molecule has 0 saturated carbocycles. The van der Waals surface area contributed by atoms with E-state index >= 15 is 0 Å². The number of benzene rings is 2. The molecule has 0 aromatic heterocycles. The van der Waals surface area contributed by atoms with Gasteiger partial charge in [0, 0.05) is 8.95 Å². The summed E-state index contributed by atoms with van der Waals surface area (Å²) in [6.45, 7) is 1.30. The lowest BCUT2D eigenvalue weighted by Crippen LogP contribution is -2.19. The van der Waals surface area contributed by atoms with Gasteiger partial charge in [-0.15, -0.1) is 0 Å². The molecule has 0 radical (unpaired) electrons. The van der Waals surface area contributed by atoms with E-state index in [1.54, 1.807) is 6.07 Å². The van der Waals surface area contributed by atoms with Gasteiger partial charge in [-0.2, -0.15) is 26.3 Å². The van der Waals surface area contributed by atoms with Crippen molar-refractivity contribution < 1.29 is 26.3 Å². The van der Waals surface area contributed by atoms with Crippen LogP contribution in [0.25, 0.3) is 6.08 Å². The molecule has 2 rings (SSSR count).